The van der Waals surface area contributed by atoms with Crippen molar-refractivity contribution in [1.29, 1.82) is 0 Å². The molecule has 2 atom stereocenters. The second-order valence-electron chi connectivity index (χ2n) is 5.58. The van der Waals surface area contributed by atoms with Gasteiger partial charge >= 0.3 is 6.03 Å². The van der Waals surface area contributed by atoms with Gasteiger partial charge in [0.2, 0.25) is 0 Å². The second kappa shape index (κ2) is 8.25. The Balaban J connectivity index is 1.78. The molecule has 5 nitrogen and oxygen atoms in total. The number of hydrogen-bond donors (Lipinski definition) is 3. The quantitative estimate of drug-likeness (QED) is 0.752. The maximum absolute atomic E-state index is 11.8. The van der Waals surface area contributed by atoms with Gasteiger partial charge in [-0.3, -0.25) is 0 Å². The van der Waals surface area contributed by atoms with Crippen molar-refractivity contribution in [2.24, 2.45) is 5.92 Å². The Bertz CT molecular complexity index is 510. The predicted octanol–water partition coefficient (Wildman–Crippen LogP) is 2.70. The third kappa shape index (κ3) is 5.07. The lowest BCUT2D eigenvalue weighted by Crippen LogP contribution is -2.37. The monoisotopic (exact) mass is 326 g/mol. The number of halogens is 1. The lowest BCUT2D eigenvalue weighted by atomic mass is 10.1. The van der Waals surface area contributed by atoms with Crippen LogP contribution in [0.3, 0.4) is 0 Å². The van der Waals surface area contributed by atoms with Gasteiger partial charge < -0.3 is 20.5 Å². The van der Waals surface area contributed by atoms with Crippen molar-refractivity contribution >= 4 is 17.6 Å². The Morgan fingerprint density at radius 1 is 1.41 bits per heavy atom. The van der Waals surface area contributed by atoms with E-state index in [2.05, 4.69) is 10.6 Å². The largest absolute Gasteiger partial charge is 0.493 e. The van der Waals surface area contributed by atoms with Crippen LogP contribution >= 0.6 is 11.6 Å². The Kier molecular flexibility index (Phi) is 6.34. The molecular formula is C16H23ClN2O3. The predicted molar refractivity (Wildman–Crippen MR) is 86.2 cm³/mol. The number of aliphatic hydroxyl groups excluding tert-OH is 1. The maximum Gasteiger partial charge on any atom is 0.315 e. The smallest absolute Gasteiger partial charge is 0.315 e. The van der Waals surface area contributed by atoms with Gasteiger partial charge in [0.25, 0.3) is 0 Å². The summed E-state index contributed by atoms with van der Waals surface area (Å²) in [4.78, 5) is 11.8. The molecule has 1 aliphatic carbocycles. The first-order chi connectivity index (χ1) is 10.6. The molecule has 1 aromatic carbocycles. The minimum atomic E-state index is -0.210. The zero-order chi connectivity index (χ0) is 15.9. The lowest BCUT2D eigenvalue weighted by molar-refractivity contribution is 0.177. The molecule has 0 heterocycles. The minimum absolute atomic E-state index is 0.209. The summed E-state index contributed by atoms with van der Waals surface area (Å²) in [6, 6.07) is 5.17. The molecule has 2 rings (SSSR count). The van der Waals surface area contributed by atoms with Gasteiger partial charge in [-0.05, 0) is 44.2 Å². The van der Waals surface area contributed by atoms with E-state index in [0.29, 0.717) is 36.4 Å². The van der Waals surface area contributed by atoms with E-state index in [1.54, 1.807) is 12.1 Å². The fourth-order valence-electron chi connectivity index (χ4n) is 2.67. The second-order valence-corrected chi connectivity index (χ2v) is 6.02. The third-order valence-electron chi connectivity index (χ3n) is 3.83. The Labute approximate surface area is 136 Å². The van der Waals surface area contributed by atoms with Crippen molar-refractivity contribution in [2.45, 2.75) is 38.8 Å². The first kappa shape index (κ1) is 16.9. The summed E-state index contributed by atoms with van der Waals surface area (Å²) in [5.74, 6) is 1.06. The molecule has 0 bridgehead atoms. The van der Waals surface area contributed by atoms with Crippen molar-refractivity contribution in [3.05, 3.63) is 28.8 Å². The molecule has 0 aliphatic heterocycles. The van der Waals surface area contributed by atoms with Crippen LogP contribution in [0, 0.1) is 5.92 Å². The van der Waals surface area contributed by atoms with Gasteiger partial charge in [-0.15, -0.1) is 0 Å². The van der Waals surface area contributed by atoms with Crippen molar-refractivity contribution in [1.82, 2.24) is 10.6 Å². The van der Waals surface area contributed by atoms with Crippen LogP contribution in [0.5, 0.6) is 5.75 Å². The molecule has 0 unspecified atom stereocenters. The molecule has 1 aromatic rings. The van der Waals surface area contributed by atoms with E-state index in [0.717, 1.165) is 24.8 Å². The van der Waals surface area contributed by atoms with Gasteiger partial charge in [-0.2, -0.15) is 0 Å². The Morgan fingerprint density at radius 3 is 2.91 bits per heavy atom. The van der Waals surface area contributed by atoms with Crippen molar-refractivity contribution in [2.75, 3.05) is 13.2 Å². The average molecular weight is 327 g/mol. The van der Waals surface area contributed by atoms with E-state index in [1.165, 1.54) is 0 Å². The Morgan fingerprint density at radius 2 is 2.23 bits per heavy atom. The number of aliphatic hydroxyl groups is 1. The number of rotatable bonds is 6. The number of benzene rings is 1. The molecule has 122 valence electrons. The average Bonchev–Trinajstić information content (AvgIpc) is 2.90. The summed E-state index contributed by atoms with van der Waals surface area (Å²) in [6.07, 6.45) is 2.35. The molecule has 3 N–H and O–H groups in total. The van der Waals surface area contributed by atoms with Crippen LogP contribution < -0.4 is 15.4 Å². The number of nitrogens with one attached hydrogen (secondary N) is 2. The van der Waals surface area contributed by atoms with Crippen molar-refractivity contribution < 1.29 is 14.6 Å². The number of carbonyl (C=O) groups excluding carboxylic acids is 1. The number of carbonyl (C=O) groups is 1. The van der Waals surface area contributed by atoms with Crippen LogP contribution in [0.4, 0.5) is 4.79 Å². The molecule has 1 aliphatic rings. The molecule has 22 heavy (non-hydrogen) atoms. The SMILES string of the molecule is CCOc1cc(Cl)ccc1CNC(=O)NC[C@@H]1CC[C@H](O)C1. The molecular weight excluding hydrogens is 304 g/mol. The standard InChI is InChI=1S/C16H23ClN2O3/c1-2-22-15-8-13(17)5-4-12(15)10-19-16(21)18-9-11-3-6-14(20)7-11/h4-5,8,11,14,20H,2-3,6-7,9-10H2,1H3,(H2,18,19,21)/t11-,14+/m1/s1. The minimum Gasteiger partial charge on any atom is -0.493 e. The topological polar surface area (TPSA) is 70.6 Å². The van der Waals surface area contributed by atoms with Gasteiger partial charge in [0.15, 0.2) is 0 Å². The van der Waals surface area contributed by atoms with Gasteiger partial charge in [0, 0.05) is 23.7 Å². The van der Waals surface area contributed by atoms with Gasteiger partial charge in [-0.25, -0.2) is 4.79 Å². The summed E-state index contributed by atoms with van der Waals surface area (Å²) in [7, 11) is 0. The van der Waals surface area contributed by atoms with Crippen LogP contribution in [-0.2, 0) is 6.54 Å². The number of urea groups is 1. The summed E-state index contributed by atoms with van der Waals surface area (Å²) >= 11 is 5.95. The maximum atomic E-state index is 11.8. The van der Waals surface area contributed by atoms with E-state index in [1.807, 2.05) is 13.0 Å². The summed E-state index contributed by atoms with van der Waals surface area (Å²) in [5, 5.41) is 15.7. The highest BCUT2D eigenvalue weighted by molar-refractivity contribution is 6.30. The molecule has 6 heteroatoms. The molecule has 1 saturated carbocycles. The first-order valence-corrected chi connectivity index (χ1v) is 8.07. The number of amides is 2. The van der Waals surface area contributed by atoms with E-state index < -0.39 is 0 Å². The molecule has 0 saturated heterocycles. The van der Waals surface area contributed by atoms with Gasteiger partial charge in [-0.1, -0.05) is 17.7 Å². The molecule has 1 fully saturated rings. The van der Waals surface area contributed by atoms with Crippen LogP contribution in [-0.4, -0.2) is 30.4 Å². The fraction of sp³-hybridized carbons (Fsp3) is 0.562. The van der Waals surface area contributed by atoms with Crippen molar-refractivity contribution in [3.8, 4) is 5.75 Å². The zero-order valence-corrected chi connectivity index (χ0v) is 13.5. The van der Waals surface area contributed by atoms with Gasteiger partial charge in [0.1, 0.15) is 5.75 Å². The van der Waals surface area contributed by atoms with Crippen LogP contribution in [0.1, 0.15) is 31.7 Å². The lowest BCUT2D eigenvalue weighted by Gasteiger charge is -2.14. The normalized spacial score (nSPS) is 20.7. The summed E-state index contributed by atoms with van der Waals surface area (Å²) in [5.41, 5.74) is 0.887. The van der Waals surface area contributed by atoms with E-state index >= 15 is 0 Å². The van der Waals surface area contributed by atoms with Crippen molar-refractivity contribution in [3.63, 3.8) is 0 Å². The highest BCUT2D eigenvalue weighted by Gasteiger charge is 2.22. The van der Waals surface area contributed by atoms with Crippen LogP contribution in [0.25, 0.3) is 0 Å². The fourth-order valence-corrected chi connectivity index (χ4v) is 2.84. The van der Waals surface area contributed by atoms with Crippen LogP contribution in [0.15, 0.2) is 18.2 Å². The molecule has 0 aromatic heterocycles. The molecule has 2 amide bonds. The summed E-state index contributed by atoms with van der Waals surface area (Å²) < 4.78 is 5.52. The molecule has 0 radical (unpaired) electrons. The molecule has 0 spiro atoms. The van der Waals surface area contributed by atoms with E-state index in [-0.39, 0.29) is 12.1 Å². The van der Waals surface area contributed by atoms with Crippen LogP contribution in [0.2, 0.25) is 5.02 Å². The highest BCUT2D eigenvalue weighted by atomic mass is 35.5. The first-order valence-electron chi connectivity index (χ1n) is 7.69. The van der Waals surface area contributed by atoms with Gasteiger partial charge in [0.05, 0.1) is 12.7 Å². The number of ether oxygens (including phenoxy) is 1. The summed E-state index contributed by atoms with van der Waals surface area (Å²) in [6.45, 7) is 3.43. The van der Waals surface area contributed by atoms with E-state index in [4.69, 9.17) is 16.3 Å². The number of hydrogen-bond acceptors (Lipinski definition) is 3. The highest BCUT2D eigenvalue weighted by Crippen LogP contribution is 2.25. The zero-order valence-electron chi connectivity index (χ0n) is 12.8. The third-order valence-corrected chi connectivity index (χ3v) is 4.07. The Hall–Kier alpha value is -1.46. The van der Waals surface area contributed by atoms with E-state index in [9.17, 15) is 9.90 Å².